The molecule has 1 fully saturated rings. The van der Waals surface area contributed by atoms with Gasteiger partial charge in [-0.15, -0.1) is 0 Å². The van der Waals surface area contributed by atoms with E-state index < -0.39 is 24.7 Å². The third-order valence-corrected chi connectivity index (χ3v) is 4.05. The van der Waals surface area contributed by atoms with Crippen LogP contribution in [0.2, 0.25) is 0 Å². The van der Waals surface area contributed by atoms with Crippen LogP contribution in [0.4, 0.5) is 8.78 Å². The topological polar surface area (TPSA) is 18.5 Å². The van der Waals surface area contributed by atoms with E-state index in [1.807, 2.05) is 27.7 Å². The maximum atomic E-state index is 12.7. The van der Waals surface area contributed by atoms with E-state index in [-0.39, 0.29) is 5.56 Å². The van der Waals surface area contributed by atoms with Crippen molar-refractivity contribution in [2.24, 2.45) is 0 Å². The molecule has 2 nitrogen and oxygen atoms in total. The maximum Gasteiger partial charge on any atom is 0.494 e. The molecule has 104 valence electrons. The van der Waals surface area contributed by atoms with Crippen molar-refractivity contribution < 1.29 is 18.1 Å². The van der Waals surface area contributed by atoms with E-state index in [0.29, 0.717) is 5.56 Å². The minimum atomic E-state index is -2.45. The molecule has 1 aliphatic rings. The number of halogens is 2. The van der Waals surface area contributed by atoms with E-state index >= 15 is 0 Å². The Morgan fingerprint density at radius 1 is 1.05 bits per heavy atom. The summed E-state index contributed by atoms with van der Waals surface area (Å²) in [7, 11) is -0.504. The van der Waals surface area contributed by atoms with Gasteiger partial charge in [0.2, 0.25) is 0 Å². The van der Waals surface area contributed by atoms with Gasteiger partial charge in [-0.3, -0.25) is 0 Å². The average molecular weight is 268 g/mol. The van der Waals surface area contributed by atoms with Crippen molar-refractivity contribution in [2.45, 2.75) is 52.2 Å². The molecule has 1 saturated heterocycles. The zero-order chi connectivity index (χ0) is 14.4. The molecule has 0 aromatic heterocycles. The Bertz CT molecular complexity index is 470. The molecule has 0 aliphatic carbocycles. The zero-order valence-corrected chi connectivity index (χ0v) is 12.0. The van der Waals surface area contributed by atoms with Gasteiger partial charge in [-0.05, 0) is 45.6 Å². The fourth-order valence-corrected chi connectivity index (χ4v) is 2.07. The number of hydrogen-bond donors (Lipinski definition) is 0. The SMILES string of the molecule is Cc1cc(B2OC(C)(C)C(C)(C)O2)ccc1C(F)F. The quantitative estimate of drug-likeness (QED) is 0.766. The first kappa shape index (κ1) is 14.5. The summed E-state index contributed by atoms with van der Waals surface area (Å²) in [6.45, 7) is 9.54. The Hall–Kier alpha value is -0.935. The molecule has 19 heavy (non-hydrogen) atoms. The van der Waals surface area contributed by atoms with Crippen LogP contribution in [0.5, 0.6) is 0 Å². The highest BCUT2D eigenvalue weighted by Crippen LogP contribution is 2.36. The highest BCUT2D eigenvalue weighted by atomic mass is 19.3. The zero-order valence-electron chi connectivity index (χ0n) is 12.0. The number of rotatable bonds is 2. The summed E-state index contributed by atoms with van der Waals surface area (Å²) in [5, 5.41) is 0. The van der Waals surface area contributed by atoms with Crippen LogP contribution in [0, 0.1) is 6.92 Å². The smallest absolute Gasteiger partial charge is 0.399 e. The molecule has 0 atom stereocenters. The molecular weight excluding hydrogens is 249 g/mol. The summed E-state index contributed by atoms with van der Waals surface area (Å²) in [6.07, 6.45) is -2.45. The van der Waals surface area contributed by atoms with Gasteiger partial charge in [0.05, 0.1) is 11.2 Å². The molecule has 0 saturated carbocycles. The number of hydrogen-bond acceptors (Lipinski definition) is 2. The van der Waals surface area contributed by atoms with Crippen molar-refractivity contribution in [3.8, 4) is 0 Å². The van der Waals surface area contributed by atoms with Crippen LogP contribution in [0.15, 0.2) is 18.2 Å². The summed E-state index contributed by atoms with van der Waals surface area (Å²) >= 11 is 0. The molecule has 0 spiro atoms. The third kappa shape index (κ3) is 2.54. The van der Waals surface area contributed by atoms with Crippen LogP contribution < -0.4 is 5.46 Å². The van der Waals surface area contributed by atoms with Crippen LogP contribution >= 0.6 is 0 Å². The summed E-state index contributed by atoms with van der Waals surface area (Å²) in [5.41, 5.74) is 0.544. The minimum Gasteiger partial charge on any atom is -0.399 e. The van der Waals surface area contributed by atoms with Gasteiger partial charge in [-0.1, -0.05) is 18.2 Å². The maximum absolute atomic E-state index is 12.7. The van der Waals surface area contributed by atoms with Gasteiger partial charge < -0.3 is 9.31 Å². The first-order valence-electron chi connectivity index (χ1n) is 6.38. The minimum absolute atomic E-state index is 0.0558. The normalized spacial score (nSPS) is 21.2. The van der Waals surface area contributed by atoms with Crippen molar-refractivity contribution in [3.63, 3.8) is 0 Å². The Balaban J connectivity index is 2.28. The van der Waals surface area contributed by atoms with Crippen molar-refractivity contribution in [2.75, 3.05) is 0 Å². The molecule has 5 heteroatoms. The van der Waals surface area contributed by atoms with Crippen LogP contribution in [-0.2, 0) is 9.31 Å². The summed E-state index contributed by atoms with van der Waals surface area (Å²) in [6, 6.07) is 4.81. The molecular formula is C14H19BF2O2. The monoisotopic (exact) mass is 268 g/mol. The molecule has 1 aromatic carbocycles. The van der Waals surface area contributed by atoms with Gasteiger partial charge in [0.15, 0.2) is 0 Å². The lowest BCUT2D eigenvalue weighted by atomic mass is 9.78. The molecule has 0 radical (unpaired) electrons. The average Bonchev–Trinajstić information content (AvgIpc) is 2.47. The van der Waals surface area contributed by atoms with Gasteiger partial charge >= 0.3 is 7.12 Å². The van der Waals surface area contributed by atoms with Crippen molar-refractivity contribution in [3.05, 3.63) is 29.3 Å². The highest BCUT2D eigenvalue weighted by molar-refractivity contribution is 6.62. The van der Waals surface area contributed by atoms with Crippen LogP contribution in [0.3, 0.4) is 0 Å². The van der Waals surface area contributed by atoms with Crippen LogP contribution in [0.25, 0.3) is 0 Å². The number of alkyl halides is 2. The molecule has 1 heterocycles. The Morgan fingerprint density at radius 3 is 2.00 bits per heavy atom. The first-order valence-corrected chi connectivity index (χ1v) is 6.38. The van der Waals surface area contributed by atoms with E-state index in [1.165, 1.54) is 6.07 Å². The largest absolute Gasteiger partial charge is 0.494 e. The predicted octanol–water partition coefficient (Wildman–Crippen LogP) is 3.23. The standard InChI is InChI=1S/C14H19BF2O2/c1-9-8-10(6-7-11(9)12(16)17)15-18-13(2,3)14(4,5)19-15/h6-8,12H,1-5H3. The van der Waals surface area contributed by atoms with Gasteiger partial charge in [-0.25, -0.2) is 8.78 Å². The fourth-order valence-electron chi connectivity index (χ4n) is 2.07. The number of aryl methyl sites for hydroxylation is 1. The summed E-state index contributed by atoms with van der Waals surface area (Å²) in [5.74, 6) is 0. The Labute approximate surface area is 113 Å². The second-order valence-electron chi connectivity index (χ2n) is 6.00. The van der Waals surface area contributed by atoms with E-state index in [9.17, 15) is 8.78 Å². The lowest BCUT2D eigenvalue weighted by Gasteiger charge is -2.32. The second-order valence-corrected chi connectivity index (χ2v) is 6.00. The van der Waals surface area contributed by atoms with E-state index in [0.717, 1.165) is 5.46 Å². The van der Waals surface area contributed by atoms with Gasteiger partial charge in [0.1, 0.15) is 0 Å². The van der Waals surface area contributed by atoms with Gasteiger partial charge in [0, 0.05) is 5.56 Å². The van der Waals surface area contributed by atoms with E-state index in [1.54, 1.807) is 19.1 Å². The van der Waals surface area contributed by atoms with Gasteiger partial charge in [-0.2, -0.15) is 0 Å². The van der Waals surface area contributed by atoms with E-state index in [4.69, 9.17) is 9.31 Å². The molecule has 0 N–H and O–H groups in total. The molecule has 1 aliphatic heterocycles. The van der Waals surface area contributed by atoms with Crippen LogP contribution in [0.1, 0.15) is 45.2 Å². The van der Waals surface area contributed by atoms with Crippen LogP contribution in [-0.4, -0.2) is 18.3 Å². The highest BCUT2D eigenvalue weighted by Gasteiger charge is 2.51. The second kappa shape index (κ2) is 4.56. The van der Waals surface area contributed by atoms with Gasteiger partial charge in [0.25, 0.3) is 6.43 Å². The van der Waals surface area contributed by atoms with Crippen molar-refractivity contribution in [1.29, 1.82) is 0 Å². The molecule has 1 aromatic rings. The Morgan fingerprint density at radius 2 is 1.58 bits per heavy atom. The van der Waals surface area contributed by atoms with E-state index in [2.05, 4.69) is 0 Å². The first-order chi connectivity index (χ1) is 8.64. The summed E-state index contributed by atoms with van der Waals surface area (Å²) < 4.78 is 37.2. The van der Waals surface area contributed by atoms with Crippen molar-refractivity contribution in [1.82, 2.24) is 0 Å². The lowest BCUT2D eigenvalue weighted by molar-refractivity contribution is 0.00578. The molecule has 2 rings (SSSR count). The Kier molecular flexibility index (Phi) is 3.48. The fraction of sp³-hybridized carbons (Fsp3) is 0.571. The molecule has 0 bridgehead atoms. The third-order valence-electron chi connectivity index (χ3n) is 4.05. The summed E-state index contributed by atoms with van der Waals surface area (Å²) in [4.78, 5) is 0. The predicted molar refractivity (Wildman–Crippen MR) is 71.9 cm³/mol. The lowest BCUT2D eigenvalue weighted by Crippen LogP contribution is -2.41. The molecule has 0 unspecified atom stereocenters. The molecule has 0 amide bonds. The number of benzene rings is 1. The van der Waals surface area contributed by atoms with Crippen molar-refractivity contribution >= 4 is 12.6 Å².